The number of carbonyl (C=O) groups excluding carboxylic acids is 1. The molecule has 4 heteroatoms. The third kappa shape index (κ3) is 5.09. The van der Waals surface area contributed by atoms with Gasteiger partial charge in [0.05, 0.1) is 13.5 Å². The second-order valence-corrected chi connectivity index (χ2v) is 4.40. The van der Waals surface area contributed by atoms with Gasteiger partial charge in [-0.05, 0) is 23.6 Å². The van der Waals surface area contributed by atoms with E-state index in [-0.39, 0.29) is 5.91 Å². The summed E-state index contributed by atoms with van der Waals surface area (Å²) < 4.78 is 5.05. The molecule has 0 heterocycles. The molecule has 0 fully saturated rings. The van der Waals surface area contributed by atoms with Gasteiger partial charge in [-0.25, -0.2) is 0 Å². The predicted octanol–water partition coefficient (Wildman–Crippen LogP) is 2.23. The number of ether oxygens (including phenoxy) is 1. The molecule has 0 bridgehead atoms. The van der Waals surface area contributed by atoms with Crippen molar-refractivity contribution in [3.63, 3.8) is 0 Å². The highest BCUT2D eigenvalue weighted by molar-refractivity contribution is 6.18. The van der Waals surface area contributed by atoms with Gasteiger partial charge in [-0.3, -0.25) is 4.79 Å². The van der Waals surface area contributed by atoms with Crippen LogP contribution in [0.4, 0.5) is 0 Å². The molecule has 0 aliphatic heterocycles. The molecule has 94 valence electrons. The van der Waals surface area contributed by atoms with Crippen LogP contribution in [0.25, 0.3) is 0 Å². The van der Waals surface area contributed by atoms with Crippen LogP contribution in [0.1, 0.15) is 12.5 Å². The van der Waals surface area contributed by atoms with E-state index >= 15 is 0 Å². The van der Waals surface area contributed by atoms with Gasteiger partial charge in [-0.15, -0.1) is 11.6 Å². The van der Waals surface area contributed by atoms with E-state index in [4.69, 9.17) is 16.3 Å². The van der Waals surface area contributed by atoms with Gasteiger partial charge < -0.3 is 10.1 Å². The number of hydrogen-bond donors (Lipinski definition) is 1. The molecule has 0 aliphatic rings. The molecule has 1 aromatic rings. The van der Waals surface area contributed by atoms with Crippen molar-refractivity contribution in [2.75, 3.05) is 19.5 Å². The van der Waals surface area contributed by atoms with Gasteiger partial charge in [0.15, 0.2) is 0 Å². The summed E-state index contributed by atoms with van der Waals surface area (Å²) in [5, 5.41) is 2.86. The Kier molecular flexibility index (Phi) is 5.84. The van der Waals surface area contributed by atoms with Gasteiger partial charge in [-0.1, -0.05) is 19.1 Å². The van der Waals surface area contributed by atoms with Crippen LogP contribution in [-0.4, -0.2) is 25.4 Å². The van der Waals surface area contributed by atoms with Crippen LogP contribution in [0.15, 0.2) is 24.3 Å². The Morgan fingerprint density at radius 3 is 2.59 bits per heavy atom. The highest BCUT2D eigenvalue weighted by Gasteiger charge is 2.05. The minimum Gasteiger partial charge on any atom is -0.497 e. The summed E-state index contributed by atoms with van der Waals surface area (Å²) in [6.07, 6.45) is 0.388. The van der Waals surface area contributed by atoms with E-state index in [0.717, 1.165) is 11.3 Å². The third-order valence-corrected chi connectivity index (χ3v) is 2.96. The molecule has 0 aromatic heterocycles. The number of hydrogen-bond acceptors (Lipinski definition) is 2. The van der Waals surface area contributed by atoms with Crippen LogP contribution < -0.4 is 10.1 Å². The highest BCUT2D eigenvalue weighted by atomic mass is 35.5. The summed E-state index contributed by atoms with van der Waals surface area (Å²) in [5.41, 5.74) is 0.974. The topological polar surface area (TPSA) is 38.3 Å². The van der Waals surface area contributed by atoms with E-state index in [1.807, 2.05) is 31.2 Å². The lowest BCUT2D eigenvalue weighted by molar-refractivity contribution is -0.120. The molecular weight excluding hydrogens is 238 g/mol. The second kappa shape index (κ2) is 7.17. The molecular formula is C13H18ClNO2. The van der Waals surface area contributed by atoms with Crippen LogP contribution in [0.2, 0.25) is 0 Å². The summed E-state index contributed by atoms with van der Waals surface area (Å²) in [7, 11) is 1.62. The third-order valence-electron chi connectivity index (χ3n) is 2.43. The zero-order valence-corrected chi connectivity index (χ0v) is 11.0. The number of alkyl halides is 1. The molecule has 1 rings (SSSR count). The molecule has 17 heavy (non-hydrogen) atoms. The monoisotopic (exact) mass is 255 g/mol. The first kappa shape index (κ1) is 13.8. The Morgan fingerprint density at radius 1 is 1.41 bits per heavy atom. The fourth-order valence-electron chi connectivity index (χ4n) is 1.33. The smallest absolute Gasteiger partial charge is 0.224 e. The first-order valence-corrected chi connectivity index (χ1v) is 6.14. The Bertz CT molecular complexity index is 351. The van der Waals surface area contributed by atoms with Crippen molar-refractivity contribution >= 4 is 17.5 Å². The van der Waals surface area contributed by atoms with Gasteiger partial charge in [0.1, 0.15) is 5.75 Å². The van der Waals surface area contributed by atoms with Crippen LogP contribution in [0.5, 0.6) is 5.75 Å². The van der Waals surface area contributed by atoms with Crippen molar-refractivity contribution in [2.45, 2.75) is 13.3 Å². The molecule has 0 radical (unpaired) electrons. The summed E-state index contributed by atoms with van der Waals surface area (Å²) >= 11 is 5.66. The average Bonchev–Trinajstić information content (AvgIpc) is 2.36. The van der Waals surface area contributed by atoms with Crippen LogP contribution >= 0.6 is 11.6 Å². The molecule has 1 unspecified atom stereocenters. The molecule has 0 saturated heterocycles. The summed E-state index contributed by atoms with van der Waals surface area (Å²) in [4.78, 5) is 11.6. The maximum Gasteiger partial charge on any atom is 0.224 e. The Balaban J connectivity index is 2.39. The molecule has 3 nitrogen and oxygen atoms in total. The van der Waals surface area contributed by atoms with Crippen molar-refractivity contribution < 1.29 is 9.53 Å². The number of nitrogens with one attached hydrogen (secondary N) is 1. The van der Waals surface area contributed by atoms with Gasteiger partial charge in [0.2, 0.25) is 5.91 Å². The van der Waals surface area contributed by atoms with Crippen LogP contribution in [0.3, 0.4) is 0 Å². The fraction of sp³-hybridized carbons (Fsp3) is 0.462. The van der Waals surface area contributed by atoms with Crippen molar-refractivity contribution in [1.29, 1.82) is 0 Å². The predicted molar refractivity (Wildman–Crippen MR) is 69.6 cm³/mol. The van der Waals surface area contributed by atoms with Gasteiger partial charge >= 0.3 is 0 Å². The number of amides is 1. The van der Waals surface area contributed by atoms with Crippen molar-refractivity contribution in [1.82, 2.24) is 5.32 Å². The molecule has 0 saturated carbocycles. The molecule has 1 amide bonds. The standard InChI is InChI=1S/C13H18ClNO2/c1-10(8-14)9-15-13(16)7-11-3-5-12(17-2)6-4-11/h3-6,10H,7-9H2,1-2H3,(H,15,16). The van der Waals surface area contributed by atoms with Crippen LogP contribution in [-0.2, 0) is 11.2 Å². The number of methoxy groups -OCH3 is 1. The SMILES string of the molecule is COc1ccc(CC(=O)NCC(C)CCl)cc1. The maximum absolute atomic E-state index is 11.6. The van der Waals surface area contributed by atoms with Crippen molar-refractivity contribution in [3.05, 3.63) is 29.8 Å². The van der Waals surface area contributed by atoms with E-state index in [1.165, 1.54) is 0 Å². The quantitative estimate of drug-likeness (QED) is 0.792. The van der Waals surface area contributed by atoms with Gasteiger partial charge in [0, 0.05) is 12.4 Å². The Morgan fingerprint density at radius 2 is 2.06 bits per heavy atom. The number of rotatable bonds is 6. The number of benzene rings is 1. The number of halogens is 1. The summed E-state index contributed by atoms with van der Waals surface area (Å²) in [6, 6.07) is 7.49. The van der Waals surface area contributed by atoms with E-state index in [2.05, 4.69) is 5.32 Å². The van der Waals surface area contributed by atoms with E-state index in [9.17, 15) is 4.79 Å². The lowest BCUT2D eigenvalue weighted by Crippen LogP contribution is -2.30. The zero-order valence-electron chi connectivity index (χ0n) is 10.2. The van der Waals surface area contributed by atoms with Gasteiger partial charge in [-0.2, -0.15) is 0 Å². The van der Waals surface area contributed by atoms with Crippen molar-refractivity contribution in [3.8, 4) is 5.75 Å². The Hall–Kier alpha value is -1.22. The fourth-order valence-corrected chi connectivity index (χ4v) is 1.44. The van der Waals surface area contributed by atoms with E-state index < -0.39 is 0 Å². The highest BCUT2D eigenvalue weighted by Crippen LogP contribution is 2.11. The van der Waals surface area contributed by atoms with Gasteiger partial charge in [0.25, 0.3) is 0 Å². The largest absolute Gasteiger partial charge is 0.497 e. The molecule has 0 spiro atoms. The van der Waals surface area contributed by atoms with Crippen LogP contribution in [0, 0.1) is 5.92 Å². The lowest BCUT2D eigenvalue weighted by Gasteiger charge is -2.09. The van der Waals surface area contributed by atoms with Crippen molar-refractivity contribution in [2.24, 2.45) is 5.92 Å². The first-order valence-electron chi connectivity index (χ1n) is 5.61. The first-order chi connectivity index (χ1) is 8.15. The van der Waals surface area contributed by atoms with E-state index in [0.29, 0.717) is 24.8 Å². The minimum absolute atomic E-state index is 0.0205. The lowest BCUT2D eigenvalue weighted by atomic mass is 10.1. The molecule has 0 aliphatic carbocycles. The summed E-state index contributed by atoms with van der Waals surface area (Å²) in [6.45, 7) is 2.62. The summed E-state index contributed by atoms with van der Waals surface area (Å²) in [5.74, 6) is 1.68. The minimum atomic E-state index is 0.0205. The second-order valence-electron chi connectivity index (χ2n) is 4.09. The number of carbonyl (C=O) groups is 1. The zero-order chi connectivity index (χ0) is 12.7. The average molecular weight is 256 g/mol. The maximum atomic E-state index is 11.6. The molecule has 1 N–H and O–H groups in total. The van der Waals surface area contributed by atoms with E-state index in [1.54, 1.807) is 7.11 Å². The molecule has 1 atom stereocenters. The normalized spacial score (nSPS) is 11.9. The Labute approximate surface area is 107 Å². The molecule has 1 aromatic carbocycles.